The van der Waals surface area contributed by atoms with Gasteiger partial charge in [0, 0.05) is 0 Å². The number of fused-ring (bicyclic) bond motifs is 1. The van der Waals surface area contributed by atoms with Crippen molar-refractivity contribution >= 4 is 46.9 Å². The summed E-state index contributed by atoms with van der Waals surface area (Å²) in [5.74, 6) is 0.638. The molecule has 128 valence electrons. The van der Waals surface area contributed by atoms with Gasteiger partial charge in [-0.15, -0.1) is 12.4 Å². The third-order valence-electron chi connectivity index (χ3n) is 3.66. The average molecular weight is 380 g/mol. The lowest BCUT2D eigenvalue weighted by Gasteiger charge is -1.97. The lowest BCUT2D eigenvalue weighted by Crippen LogP contribution is -1.79. The lowest BCUT2D eigenvalue weighted by atomic mass is 10.1. The number of rotatable bonds is 4. The summed E-state index contributed by atoms with van der Waals surface area (Å²) >= 11 is 1.42. The van der Waals surface area contributed by atoms with E-state index in [9.17, 15) is 5.26 Å². The second kappa shape index (κ2) is 7.96. The summed E-state index contributed by atoms with van der Waals surface area (Å²) in [4.78, 5) is 7.78. The van der Waals surface area contributed by atoms with E-state index in [4.69, 9.17) is 4.42 Å². The molecule has 2 aromatic heterocycles. The van der Waals surface area contributed by atoms with Gasteiger partial charge < -0.3 is 9.40 Å². The van der Waals surface area contributed by atoms with E-state index >= 15 is 0 Å². The highest BCUT2D eigenvalue weighted by Gasteiger charge is 2.08. The molecule has 4 nitrogen and oxygen atoms in total. The number of para-hydroxylation sites is 2. The van der Waals surface area contributed by atoms with Gasteiger partial charge >= 0.3 is 0 Å². The Morgan fingerprint density at radius 3 is 2.58 bits per heavy atom. The van der Waals surface area contributed by atoms with Gasteiger partial charge in [0.05, 0.1) is 22.7 Å². The van der Waals surface area contributed by atoms with Crippen molar-refractivity contribution in [2.24, 2.45) is 0 Å². The molecule has 1 N–H and O–H groups in total. The Morgan fingerprint density at radius 2 is 1.81 bits per heavy atom. The minimum Gasteiger partial charge on any atom is -0.450 e. The van der Waals surface area contributed by atoms with E-state index in [0.717, 1.165) is 26.8 Å². The van der Waals surface area contributed by atoms with Gasteiger partial charge in [-0.2, -0.15) is 5.26 Å². The molecular formula is C20H14ClN3OS. The number of H-pyrrole nitrogens is 1. The topological polar surface area (TPSA) is 65.6 Å². The Labute approximate surface area is 161 Å². The SMILES string of the molecule is Cl.N#C/C(=C/c1ccc(Sc2nc3ccccc3[nH]2)o1)c1ccccc1. The fourth-order valence-corrected chi connectivity index (χ4v) is 3.25. The van der Waals surface area contributed by atoms with E-state index in [0.29, 0.717) is 11.3 Å². The molecule has 0 fully saturated rings. The average Bonchev–Trinajstić information content (AvgIpc) is 3.26. The molecular weight excluding hydrogens is 366 g/mol. The zero-order valence-electron chi connectivity index (χ0n) is 13.5. The number of hydrogen-bond donors (Lipinski definition) is 1. The molecule has 26 heavy (non-hydrogen) atoms. The van der Waals surface area contributed by atoms with Crippen molar-refractivity contribution in [2.45, 2.75) is 10.2 Å². The number of furan rings is 1. The quantitative estimate of drug-likeness (QED) is 0.455. The van der Waals surface area contributed by atoms with E-state index in [-0.39, 0.29) is 12.4 Å². The van der Waals surface area contributed by atoms with Crippen molar-refractivity contribution in [1.82, 2.24) is 9.97 Å². The molecule has 0 radical (unpaired) electrons. The van der Waals surface area contributed by atoms with Crippen molar-refractivity contribution in [3.63, 3.8) is 0 Å². The zero-order chi connectivity index (χ0) is 17.1. The van der Waals surface area contributed by atoms with Gasteiger partial charge in [-0.25, -0.2) is 4.98 Å². The van der Waals surface area contributed by atoms with Crippen LogP contribution in [-0.2, 0) is 0 Å². The number of nitrogens with one attached hydrogen (secondary N) is 1. The Bertz CT molecular complexity index is 1060. The summed E-state index contributed by atoms with van der Waals surface area (Å²) in [5, 5.41) is 10.9. The zero-order valence-corrected chi connectivity index (χ0v) is 15.2. The molecule has 0 atom stereocenters. The lowest BCUT2D eigenvalue weighted by molar-refractivity contribution is 0.466. The fourth-order valence-electron chi connectivity index (χ4n) is 2.48. The highest BCUT2D eigenvalue weighted by Crippen LogP contribution is 2.30. The Kier molecular flexibility index (Phi) is 5.47. The van der Waals surface area contributed by atoms with Gasteiger partial charge in [-0.1, -0.05) is 42.5 Å². The van der Waals surface area contributed by atoms with Gasteiger partial charge in [0.15, 0.2) is 10.2 Å². The number of benzene rings is 2. The number of nitrogens with zero attached hydrogens (tertiary/aromatic N) is 2. The molecule has 0 aliphatic heterocycles. The second-order valence-corrected chi connectivity index (χ2v) is 6.35. The highest BCUT2D eigenvalue weighted by atomic mass is 35.5. The van der Waals surface area contributed by atoms with E-state index < -0.39 is 0 Å². The molecule has 0 bridgehead atoms. The maximum Gasteiger partial charge on any atom is 0.174 e. The van der Waals surface area contributed by atoms with Crippen LogP contribution in [0.1, 0.15) is 11.3 Å². The van der Waals surface area contributed by atoms with Crippen LogP contribution in [0.25, 0.3) is 22.7 Å². The maximum atomic E-state index is 9.38. The van der Waals surface area contributed by atoms with E-state index in [1.165, 1.54) is 11.8 Å². The Balaban J connectivity index is 0.00000196. The van der Waals surface area contributed by atoms with Crippen LogP contribution in [0.5, 0.6) is 0 Å². The molecule has 6 heteroatoms. The van der Waals surface area contributed by atoms with Crippen molar-refractivity contribution in [2.75, 3.05) is 0 Å². The van der Waals surface area contributed by atoms with Crippen LogP contribution in [-0.4, -0.2) is 9.97 Å². The fraction of sp³-hybridized carbons (Fsp3) is 0. The number of aromatic amines is 1. The van der Waals surface area contributed by atoms with Crippen LogP contribution in [0.4, 0.5) is 0 Å². The van der Waals surface area contributed by atoms with E-state index in [1.807, 2.05) is 66.7 Å². The molecule has 2 aromatic carbocycles. The predicted molar refractivity (Wildman–Crippen MR) is 106 cm³/mol. The van der Waals surface area contributed by atoms with Gasteiger partial charge in [-0.05, 0) is 47.7 Å². The first kappa shape index (κ1) is 17.9. The first-order valence-electron chi connectivity index (χ1n) is 7.71. The number of imidazole rings is 1. The second-order valence-electron chi connectivity index (χ2n) is 5.35. The van der Waals surface area contributed by atoms with Crippen LogP contribution in [0.2, 0.25) is 0 Å². The number of nitriles is 1. The molecule has 2 heterocycles. The van der Waals surface area contributed by atoms with Crippen LogP contribution in [0, 0.1) is 11.3 Å². The van der Waals surface area contributed by atoms with E-state index in [1.54, 1.807) is 6.08 Å². The first-order chi connectivity index (χ1) is 12.3. The van der Waals surface area contributed by atoms with Crippen LogP contribution >= 0.6 is 24.2 Å². The van der Waals surface area contributed by atoms with E-state index in [2.05, 4.69) is 16.0 Å². The number of aromatic nitrogens is 2. The van der Waals surface area contributed by atoms with Crippen molar-refractivity contribution in [3.05, 3.63) is 78.1 Å². The summed E-state index contributed by atoms with van der Waals surface area (Å²) in [6.07, 6.45) is 1.75. The molecule has 0 unspecified atom stereocenters. The number of hydrogen-bond acceptors (Lipinski definition) is 4. The monoisotopic (exact) mass is 379 g/mol. The third-order valence-corrected chi connectivity index (χ3v) is 4.47. The molecule has 4 rings (SSSR count). The standard InChI is InChI=1S/C20H13N3OS.ClH/c21-13-15(14-6-2-1-3-7-14)12-16-10-11-19(24-16)25-20-22-17-8-4-5-9-18(17)23-20;/h1-12H,(H,22,23);1H/b15-12-;. The van der Waals surface area contributed by atoms with Crippen molar-refractivity contribution in [3.8, 4) is 6.07 Å². The molecule has 0 spiro atoms. The number of allylic oxidation sites excluding steroid dienone is 1. The number of halogens is 1. The van der Waals surface area contributed by atoms with Crippen LogP contribution in [0.3, 0.4) is 0 Å². The van der Waals surface area contributed by atoms with Gasteiger partial charge in [0.2, 0.25) is 0 Å². The Morgan fingerprint density at radius 1 is 1.04 bits per heavy atom. The summed E-state index contributed by atoms with van der Waals surface area (Å²) in [6.45, 7) is 0. The Hall–Kier alpha value is -2.94. The molecule has 0 saturated carbocycles. The normalized spacial score (nSPS) is 11.1. The van der Waals surface area contributed by atoms with Crippen molar-refractivity contribution in [1.29, 1.82) is 5.26 Å². The van der Waals surface area contributed by atoms with Crippen LogP contribution < -0.4 is 0 Å². The highest BCUT2D eigenvalue weighted by molar-refractivity contribution is 7.99. The molecule has 4 aromatic rings. The molecule has 0 saturated heterocycles. The van der Waals surface area contributed by atoms with Crippen LogP contribution in [0.15, 0.2) is 81.4 Å². The van der Waals surface area contributed by atoms with Gasteiger partial charge in [0.1, 0.15) is 5.76 Å². The summed E-state index contributed by atoms with van der Waals surface area (Å²) in [7, 11) is 0. The first-order valence-corrected chi connectivity index (χ1v) is 8.53. The molecule has 0 aliphatic carbocycles. The molecule has 0 amide bonds. The minimum absolute atomic E-state index is 0. The third kappa shape index (κ3) is 3.83. The van der Waals surface area contributed by atoms with Crippen molar-refractivity contribution < 1.29 is 4.42 Å². The summed E-state index contributed by atoms with van der Waals surface area (Å²) in [6, 6.07) is 23.4. The minimum atomic E-state index is 0. The molecule has 0 aliphatic rings. The van der Waals surface area contributed by atoms with Gasteiger partial charge in [-0.3, -0.25) is 0 Å². The predicted octanol–water partition coefficient (Wildman–Crippen LogP) is 5.79. The van der Waals surface area contributed by atoms with Gasteiger partial charge in [0.25, 0.3) is 0 Å². The smallest absolute Gasteiger partial charge is 0.174 e. The summed E-state index contributed by atoms with van der Waals surface area (Å²) < 4.78 is 5.81. The summed E-state index contributed by atoms with van der Waals surface area (Å²) in [5.41, 5.74) is 3.35. The largest absolute Gasteiger partial charge is 0.450 e. The maximum absolute atomic E-state index is 9.38.